The summed E-state index contributed by atoms with van der Waals surface area (Å²) in [6.07, 6.45) is 1.91. The van der Waals surface area contributed by atoms with Gasteiger partial charge in [0, 0.05) is 16.8 Å². The van der Waals surface area contributed by atoms with E-state index in [0.717, 1.165) is 21.8 Å². The molecule has 0 atom stereocenters. The summed E-state index contributed by atoms with van der Waals surface area (Å²) in [6, 6.07) is 14.7. The van der Waals surface area contributed by atoms with E-state index in [1.807, 2.05) is 47.2 Å². The average Bonchev–Trinajstić information content (AvgIpc) is 3.24. The lowest BCUT2D eigenvalue weighted by atomic mass is 10.2. The van der Waals surface area contributed by atoms with Crippen molar-refractivity contribution >= 4 is 40.3 Å². The van der Waals surface area contributed by atoms with E-state index in [-0.39, 0.29) is 5.91 Å². The van der Waals surface area contributed by atoms with E-state index < -0.39 is 0 Å². The number of nitrogens with one attached hydrogen (secondary N) is 1. The highest BCUT2D eigenvalue weighted by Crippen LogP contribution is 2.33. The monoisotopic (exact) mass is 367 g/mol. The predicted molar refractivity (Wildman–Crippen MR) is 103 cm³/mol. The van der Waals surface area contributed by atoms with Crippen LogP contribution in [0, 0.1) is 6.92 Å². The van der Waals surface area contributed by atoms with Crippen LogP contribution in [-0.2, 0) is 0 Å². The number of anilines is 1. The number of nitrogens with zero attached hydrogens (tertiary/aromatic N) is 2. The highest BCUT2D eigenvalue weighted by Gasteiger charge is 2.18. The van der Waals surface area contributed by atoms with Crippen LogP contribution in [0.2, 0.25) is 5.02 Å². The van der Waals surface area contributed by atoms with Crippen molar-refractivity contribution < 1.29 is 4.79 Å². The number of pyridine rings is 1. The maximum Gasteiger partial charge on any atom is 0.256 e. The van der Waals surface area contributed by atoms with E-state index in [1.165, 1.54) is 0 Å². The topological polar surface area (TPSA) is 46.4 Å². The Kier molecular flexibility index (Phi) is 4.03. The van der Waals surface area contributed by atoms with E-state index in [2.05, 4.69) is 5.32 Å². The SMILES string of the molecule is Cc1cccn2c(NC(=O)c3ccc(Cl)cc3)c(-c3cccs3)nc12. The molecule has 124 valence electrons. The van der Waals surface area contributed by atoms with Gasteiger partial charge in [0.15, 0.2) is 0 Å². The zero-order chi connectivity index (χ0) is 17.4. The first-order valence-corrected chi connectivity index (χ1v) is 8.98. The van der Waals surface area contributed by atoms with Gasteiger partial charge < -0.3 is 5.32 Å². The summed E-state index contributed by atoms with van der Waals surface area (Å²) in [6.45, 7) is 2.01. The lowest BCUT2D eigenvalue weighted by Crippen LogP contribution is -2.13. The van der Waals surface area contributed by atoms with Gasteiger partial charge in [-0.05, 0) is 54.3 Å². The van der Waals surface area contributed by atoms with Gasteiger partial charge in [0.2, 0.25) is 0 Å². The number of rotatable bonds is 3. The first-order chi connectivity index (χ1) is 12.1. The minimum atomic E-state index is -0.197. The molecule has 3 aromatic heterocycles. The maximum atomic E-state index is 12.7. The second-order valence-electron chi connectivity index (χ2n) is 5.63. The van der Waals surface area contributed by atoms with Gasteiger partial charge >= 0.3 is 0 Å². The standard InChI is InChI=1S/C19H14ClN3OS/c1-12-4-2-10-23-17(12)21-16(15-5-3-11-25-15)18(23)22-19(24)13-6-8-14(20)9-7-13/h2-11H,1H3,(H,22,24). The van der Waals surface area contributed by atoms with Gasteiger partial charge in [-0.3, -0.25) is 9.20 Å². The van der Waals surface area contributed by atoms with Crippen LogP contribution in [0.5, 0.6) is 0 Å². The zero-order valence-corrected chi connectivity index (χ0v) is 14.9. The van der Waals surface area contributed by atoms with E-state index >= 15 is 0 Å². The van der Waals surface area contributed by atoms with Gasteiger partial charge in [0.25, 0.3) is 5.91 Å². The number of fused-ring (bicyclic) bond motifs is 1. The molecule has 0 aliphatic heterocycles. The first-order valence-electron chi connectivity index (χ1n) is 7.72. The van der Waals surface area contributed by atoms with Crippen LogP contribution < -0.4 is 5.32 Å². The molecule has 0 spiro atoms. The van der Waals surface area contributed by atoms with Crippen LogP contribution in [0.25, 0.3) is 16.2 Å². The minimum Gasteiger partial charge on any atom is -0.306 e. The first kappa shape index (κ1) is 15.9. The highest BCUT2D eigenvalue weighted by molar-refractivity contribution is 7.13. The fourth-order valence-corrected chi connectivity index (χ4v) is 3.53. The molecule has 6 heteroatoms. The minimum absolute atomic E-state index is 0.197. The largest absolute Gasteiger partial charge is 0.306 e. The lowest BCUT2D eigenvalue weighted by Gasteiger charge is -2.07. The molecule has 25 heavy (non-hydrogen) atoms. The number of thiophene rings is 1. The van der Waals surface area contributed by atoms with Crippen LogP contribution in [0.1, 0.15) is 15.9 Å². The third-order valence-electron chi connectivity index (χ3n) is 3.94. The molecule has 3 heterocycles. The molecular weight excluding hydrogens is 354 g/mol. The second kappa shape index (κ2) is 6.35. The van der Waals surface area contributed by atoms with Crippen molar-refractivity contribution in [2.45, 2.75) is 6.92 Å². The number of hydrogen-bond donors (Lipinski definition) is 1. The maximum absolute atomic E-state index is 12.7. The molecule has 4 aromatic rings. The average molecular weight is 368 g/mol. The van der Waals surface area contributed by atoms with Crippen LogP contribution >= 0.6 is 22.9 Å². The Hall–Kier alpha value is -2.63. The molecule has 0 fully saturated rings. The zero-order valence-electron chi connectivity index (χ0n) is 13.4. The Bertz CT molecular complexity index is 1050. The fourth-order valence-electron chi connectivity index (χ4n) is 2.69. The van der Waals surface area contributed by atoms with Crippen molar-refractivity contribution in [1.82, 2.24) is 9.38 Å². The van der Waals surface area contributed by atoms with Gasteiger partial charge in [-0.25, -0.2) is 4.98 Å². The molecule has 4 nitrogen and oxygen atoms in total. The summed E-state index contributed by atoms with van der Waals surface area (Å²) in [5.74, 6) is 0.471. The lowest BCUT2D eigenvalue weighted by molar-refractivity contribution is 0.102. The summed E-state index contributed by atoms with van der Waals surface area (Å²) in [5.41, 5.74) is 3.19. The number of halogens is 1. The summed E-state index contributed by atoms with van der Waals surface area (Å²) in [5, 5.41) is 5.61. The molecule has 1 aromatic carbocycles. The summed E-state index contributed by atoms with van der Waals surface area (Å²) in [7, 11) is 0. The molecule has 0 aliphatic rings. The van der Waals surface area contributed by atoms with Crippen LogP contribution in [0.15, 0.2) is 60.1 Å². The molecule has 0 radical (unpaired) electrons. The molecule has 0 saturated heterocycles. The molecule has 0 unspecified atom stereocenters. The van der Waals surface area contributed by atoms with Crippen molar-refractivity contribution in [2.24, 2.45) is 0 Å². The third-order valence-corrected chi connectivity index (χ3v) is 5.07. The number of aryl methyl sites for hydroxylation is 1. The molecule has 1 N–H and O–H groups in total. The summed E-state index contributed by atoms with van der Waals surface area (Å²) < 4.78 is 1.91. The number of aromatic nitrogens is 2. The normalized spacial score (nSPS) is 11.0. The van der Waals surface area contributed by atoms with Crippen molar-refractivity contribution in [1.29, 1.82) is 0 Å². The Morgan fingerprint density at radius 2 is 1.96 bits per heavy atom. The fraction of sp³-hybridized carbons (Fsp3) is 0.0526. The molecule has 1 amide bonds. The highest BCUT2D eigenvalue weighted by atomic mass is 35.5. The van der Waals surface area contributed by atoms with Gasteiger partial charge in [-0.1, -0.05) is 23.7 Å². The Morgan fingerprint density at radius 3 is 2.68 bits per heavy atom. The number of amides is 1. The van der Waals surface area contributed by atoms with Crippen molar-refractivity contribution in [3.05, 3.63) is 76.3 Å². The molecule has 4 rings (SSSR count). The van der Waals surface area contributed by atoms with Gasteiger partial charge in [0.1, 0.15) is 17.2 Å². The Morgan fingerprint density at radius 1 is 1.16 bits per heavy atom. The van der Waals surface area contributed by atoms with Crippen molar-refractivity contribution in [3.63, 3.8) is 0 Å². The molecule has 0 aliphatic carbocycles. The molecule has 0 saturated carbocycles. The van der Waals surface area contributed by atoms with Crippen LogP contribution in [0.4, 0.5) is 5.82 Å². The second-order valence-corrected chi connectivity index (χ2v) is 7.02. The molecular formula is C19H14ClN3OS. The number of hydrogen-bond acceptors (Lipinski definition) is 3. The van der Waals surface area contributed by atoms with Gasteiger partial charge in [-0.2, -0.15) is 0 Å². The van der Waals surface area contributed by atoms with Crippen molar-refractivity contribution in [2.75, 3.05) is 5.32 Å². The van der Waals surface area contributed by atoms with Crippen molar-refractivity contribution in [3.8, 4) is 10.6 Å². The number of benzene rings is 1. The Balaban J connectivity index is 1.82. The molecule has 0 bridgehead atoms. The van der Waals surface area contributed by atoms with E-state index in [0.29, 0.717) is 16.4 Å². The smallest absolute Gasteiger partial charge is 0.256 e. The summed E-state index contributed by atoms with van der Waals surface area (Å²) in [4.78, 5) is 18.4. The number of imidazole rings is 1. The number of carbonyl (C=O) groups excluding carboxylic acids is 1. The van der Waals surface area contributed by atoms with Gasteiger partial charge in [0.05, 0.1) is 4.88 Å². The third kappa shape index (κ3) is 2.92. The quantitative estimate of drug-likeness (QED) is 0.535. The number of carbonyl (C=O) groups is 1. The van der Waals surface area contributed by atoms with Crippen LogP contribution in [-0.4, -0.2) is 15.3 Å². The Labute approximate surface area is 153 Å². The van der Waals surface area contributed by atoms with E-state index in [4.69, 9.17) is 16.6 Å². The predicted octanol–water partition coefficient (Wildman–Crippen LogP) is 5.28. The van der Waals surface area contributed by atoms with Gasteiger partial charge in [-0.15, -0.1) is 11.3 Å². The van der Waals surface area contributed by atoms with E-state index in [9.17, 15) is 4.79 Å². The summed E-state index contributed by atoms with van der Waals surface area (Å²) >= 11 is 7.49. The van der Waals surface area contributed by atoms with Crippen LogP contribution in [0.3, 0.4) is 0 Å². The van der Waals surface area contributed by atoms with E-state index in [1.54, 1.807) is 35.6 Å².